The fourth-order valence-electron chi connectivity index (χ4n) is 2.05. The summed E-state index contributed by atoms with van der Waals surface area (Å²) in [5, 5.41) is 3.38. The predicted molar refractivity (Wildman–Crippen MR) is 102 cm³/mol. The van der Waals surface area contributed by atoms with E-state index in [0.717, 1.165) is 12.2 Å². The third kappa shape index (κ3) is 7.71. The Morgan fingerprint density at radius 3 is 2.21 bits per heavy atom. The van der Waals surface area contributed by atoms with Crippen LogP contribution in [0.15, 0.2) is 24.3 Å². The largest absolute Gasteiger partial charge is 0.476 e. The highest BCUT2D eigenvalue weighted by atomic mass is 16.6. The molecule has 1 aromatic carbocycles. The minimum atomic E-state index is -0.938. The van der Waals surface area contributed by atoms with Crippen molar-refractivity contribution in [3.8, 4) is 5.75 Å². The van der Waals surface area contributed by atoms with Gasteiger partial charge in [-0.1, -0.05) is 40.5 Å². The van der Waals surface area contributed by atoms with Crippen LogP contribution in [-0.2, 0) is 9.53 Å². The molecule has 0 saturated carbocycles. The smallest absolute Gasteiger partial charge is 0.350 e. The van der Waals surface area contributed by atoms with Crippen molar-refractivity contribution in [3.05, 3.63) is 24.3 Å². The molecule has 0 saturated heterocycles. The first-order chi connectivity index (χ1) is 11.6. The molecule has 0 aliphatic carbocycles. The Labute approximate surface area is 147 Å². The van der Waals surface area contributed by atoms with Gasteiger partial charge < -0.3 is 14.8 Å². The summed E-state index contributed by atoms with van der Waals surface area (Å²) in [6.45, 7) is 13.0. The topological polar surface area (TPSA) is 47.6 Å². The minimum Gasteiger partial charge on any atom is -0.476 e. The number of nitrogens with one attached hydrogen (secondary N) is 1. The van der Waals surface area contributed by atoms with Gasteiger partial charge in [0.05, 0.1) is 6.61 Å². The Balaban J connectivity index is 0.00000254. The van der Waals surface area contributed by atoms with Gasteiger partial charge in [-0.2, -0.15) is 0 Å². The molecule has 1 atom stereocenters. The highest BCUT2D eigenvalue weighted by Gasteiger charge is 2.35. The first kappa shape index (κ1) is 22.3. The second kappa shape index (κ2) is 12.7. The number of anilines is 1. The van der Waals surface area contributed by atoms with Crippen LogP contribution in [0.5, 0.6) is 5.75 Å². The number of rotatable bonds is 10. The van der Waals surface area contributed by atoms with Crippen molar-refractivity contribution in [1.29, 1.82) is 0 Å². The van der Waals surface area contributed by atoms with Crippen LogP contribution in [-0.4, -0.2) is 24.7 Å². The summed E-state index contributed by atoms with van der Waals surface area (Å²) in [5.41, 5.74) is 0.129. The number of unbranched alkanes of at least 4 members (excludes halogenated alkanes) is 2. The highest BCUT2D eigenvalue weighted by molar-refractivity contribution is 5.79. The van der Waals surface area contributed by atoms with Gasteiger partial charge in [0.2, 0.25) is 5.60 Å². The second-order valence-corrected chi connectivity index (χ2v) is 5.57. The molecule has 1 rings (SSSR count). The number of carbonyl (C=O) groups excluding carboxylic acids is 1. The zero-order valence-corrected chi connectivity index (χ0v) is 16.3. The van der Waals surface area contributed by atoms with Gasteiger partial charge in [0.1, 0.15) is 5.75 Å². The van der Waals surface area contributed by atoms with Crippen LogP contribution in [0.1, 0.15) is 67.2 Å². The van der Waals surface area contributed by atoms with Crippen LogP contribution >= 0.6 is 0 Å². The lowest BCUT2D eigenvalue weighted by Crippen LogP contribution is -2.42. The average molecular weight is 338 g/mol. The van der Waals surface area contributed by atoms with Crippen LogP contribution < -0.4 is 10.1 Å². The van der Waals surface area contributed by atoms with Crippen LogP contribution in [0.4, 0.5) is 5.69 Å². The minimum absolute atomic E-state index is 0.320. The molecule has 0 aliphatic heterocycles. The quantitative estimate of drug-likeness (QED) is 0.457. The Hall–Kier alpha value is -1.71. The van der Waals surface area contributed by atoms with Gasteiger partial charge in [0, 0.05) is 12.2 Å². The molecule has 0 bridgehead atoms. The van der Waals surface area contributed by atoms with Crippen molar-refractivity contribution < 1.29 is 14.3 Å². The lowest BCUT2D eigenvalue weighted by molar-refractivity contribution is -0.160. The van der Waals surface area contributed by atoms with Crippen LogP contribution in [0, 0.1) is 0 Å². The molecule has 0 heterocycles. The number of ether oxygens (including phenoxy) is 2. The summed E-state index contributed by atoms with van der Waals surface area (Å²) in [7, 11) is 0. The van der Waals surface area contributed by atoms with E-state index in [1.165, 1.54) is 19.3 Å². The first-order valence-corrected chi connectivity index (χ1v) is 9.25. The molecule has 0 radical (unpaired) electrons. The number of benzene rings is 1. The van der Waals surface area contributed by atoms with Gasteiger partial charge in [0.25, 0.3) is 0 Å². The van der Waals surface area contributed by atoms with E-state index in [9.17, 15) is 4.79 Å². The summed E-state index contributed by atoms with van der Waals surface area (Å²) >= 11 is 0. The van der Waals surface area contributed by atoms with Gasteiger partial charge in [-0.25, -0.2) is 4.79 Å². The Morgan fingerprint density at radius 1 is 1.08 bits per heavy atom. The van der Waals surface area contributed by atoms with E-state index in [0.29, 0.717) is 18.8 Å². The van der Waals surface area contributed by atoms with E-state index in [1.54, 1.807) is 13.8 Å². The zero-order valence-electron chi connectivity index (χ0n) is 16.3. The maximum atomic E-state index is 12.0. The van der Waals surface area contributed by atoms with E-state index in [1.807, 2.05) is 45.0 Å². The van der Waals surface area contributed by atoms with Gasteiger partial charge in [-0.05, 0) is 51.0 Å². The highest BCUT2D eigenvalue weighted by Crippen LogP contribution is 2.24. The summed E-state index contributed by atoms with van der Waals surface area (Å²) < 4.78 is 11.0. The number of esters is 1. The molecule has 0 aliphatic rings. The van der Waals surface area contributed by atoms with Crippen LogP contribution in [0.25, 0.3) is 0 Å². The third-order valence-corrected chi connectivity index (χ3v) is 3.69. The molecule has 138 valence electrons. The molecule has 4 heteroatoms. The standard InChI is InChI=1S/C18H29NO3.C2H6/c1-5-8-9-14-19-15-10-12-16(13-11-15)22-18(4,6-2)17(20)21-7-3;1-2/h10-13,19H,5-9,14H2,1-4H3;1-2H3. The van der Waals surface area contributed by atoms with Crippen LogP contribution in [0.3, 0.4) is 0 Å². The average Bonchev–Trinajstić information content (AvgIpc) is 2.62. The van der Waals surface area contributed by atoms with Crippen molar-refractivity contribution in [3.63, 3.8) is 0 Å². The summed E-state index contributed by atoms with van der Waals surface area (Å²) in [5.74, 6) is 0.357. The molecule has 0 fully saturated rings. The van der Waals surface area contributed by atoms with E-state index < -0.39 is 5.60 Å². The maximum absolute atomic E-state index is 12.0. The van der Waals surface area contributed by atoms with E-state index >= 15 is 0 Å². The molecule has 1 unspecified atom stereocenters. The lowest BCUT2D eigenvalue weighted by Gasteiger charge is -2.27. The monoisotopic (exact) mass is 337 g/mol. The summed E-state index contributed by atoms with van der Waals surface area (Å²) in [4.78, 5) is 12.0. The van der Waals surface area contributed by atoms with Crippen LogP contribution in [0.2, 0.25) is 0 Å². The van der Waals surface area contributed by atoms with Crippen molar-refractivity contribution >= 4 is 11.7 Å². The predicted octanol–water partition coefficient (Wildman–Crippen LogP) is 5.43. The number of carbonyl (C=O) groups is 1. The van der Waals surface area contributed by atoms with E-state index in [4.69, 9.17) is 9.47 Å². The molecular formula is C20H35NO3. The number of hydrogen-bond acceptors (Lipinski definition) is 4. The van der Waals surface area contributed by atoms with Gasteiger partial charge in [-0.15, -0.1) is 0 Å². The number of hydrogen-bond donors (Lipinski definition) is 1. The Morgan fingerprint density at radius 2 is 1.71 bits per heavy atom. The zero-order chi connectivity index (χ0) is 18.4. The van der Waals surface area contributed by atoms with Crippen molar-refractivity contribution in [2.45, 2.75) is 72.8 Å². The molecule has 1 aromatic rings. The first-order valence-electron chi connectivity index (χ1n) is 9.25. The fourth-order valence-corrected chi connectivity index (χ4v) is 2.05. The summed E-state index contributed by atoms with van der Waals surface area (Å²) in [6.07, 6.45) is 4.19. The fraction of sp³-hybridized carbons (Fsp3) is 0.650. The molecular weight excluding hydrogens is 302 g/mol. The molecule has 0 amide bonds. The molecule has 24 heavy (non-hydrogen) atoms. The molecule has 0 spiro atoms. The Bertz CT molecular complexity index is 445. The van der Waals surface area contributed by atoms with Gasteiger partial charge in [0.15, 0.2) is 0 Å². The van der Waals surface area contributed by atoms with Crippen molar-refractivity contribution in [1.82, 2.24) is 0 Å². The Kier molecular flexibility index (Phi) is 11.8. The van der Waals surface area contributed by atoms with Crippen molar-refractivity contribution in [2.24, 2.45) is 0 Å². The van der Waals surface area contributed by atoms with E-state index in [-0.39, 0.29) is 5.97 Å². The van der Waals surface area contributed by atoms with Gasteiger partial charge >= 0.3 is 5.97 Å². The maximum Gasteiger partial charge on any atom is 0.350 e. The van der Waals surface area contributed by atoms with E-state index in [2.05, 4.69) is 12.2 Å². The second-order valence-electron chi connectivity index (χ2n) is 5.57. The van der Waals surface area contributed by atoms with Crippen molar-refractivity contribution in [2.75, 3.05) is 18.5 Å². The lowest BCUT2D eigenvalue weighted by atomic mass is 10.0. The normalized spacial score (nSPS) is 12.4. The third-order valence-electron chi connectivity index (χ3n) is 3.69. The SMILES string of the molecule is CC.CCCCCNc1ccc(OC(C)(CC)C(=O)OCC)cc1. The van der Waals surface area contributed by atoms with Gasteiger partial charge in [-0.3, -0.25) is 0 Å². The molecule has 4 nitrogen and oxygen atoms in total. The molecule has 0 aromatic heterocycles. The summed E-state index contributed by atoms with van der Waals surface area (Å²) in [6, 6.07) is 7.72. The molecule has 1 N–H and O–H groups in total.